The van der Waals surface area contributed by atoms with Crippen molar-refractivity contribution in [3.8, 4) is 5.69 Å². The molecule has 3 nitrogen and oxygen atoms in total. The Morgan fingerprint density at radius 1 is 0.769 bits per heavy atom. The summed E-state index contributed by atoms with van der Waals surface area (Å²) >= 11 is 12.6. The van der Waals surface area contributed by atoms with E-state index in [1.165, 1.54) is 11.4 Å². The summed E-state index contributed by atoms with van der Waals surface area (Å²) in [5.41, 5.74) is 3.46. The van der Waals surface area contributed by atoms with E-state index < -0.39 is 0 Å². The number of benzene rings is 2. The van der Waals surface area contributed by atoms with Crippen molar-refractivity contribution in [1.29, 1.82) is 0 Å². The van der Waals surface area contributed by atoms with Gasteiger partial charge < -0.3 is 9.47 Å². The number of halogens is 2. The van der Waals surface area contributed by atoms with Crippen molar-refractivity contribution in [2.24, 2.45) is 0 Å². The SMILES string of the molecule is Clc1cccc(-n2cccc2CN2CCN(c3ccccc3)CC2)c1Cl. The average molecular weight is 386 g/mol. The fourth-order valence-corrected chi connectivity index (χ4v) is 3.88. The molecule has 0 saturated carbocycles. The lowest BCUT2D eigenvalue weighted by Crippen LogP contribution is -2.46. The molecule has 2 aromatic carbocycles. The molecule has 1 aliphatic heterocycles. The molecule has 5 heteroatoms. The van der Waals surface area contributed by atoms with Gasteiger partial charge in [0.15, 0.2) is 0 Å². The van der Waals surface area contributed by atoms with Gasteiger partial charge in [0.1, 0.15) is 0 Å². The van der Waals surface area contributed by atoms with E-state index in [1.807, 2.05) is 24.4 Å². The summed E-state index contributed by atoms with van der Waals surface area (Å²) in [4.78, 5) is 4.94. The van der Waals surface area contributed by atoms with E-state index in [0.717, 1.165) is 38.4 Å². The van der Waals surface area contributed by atoms with Crippen molar-refractivity contribution in [3.05, 3.63) is 82.6 Å². The van der Waals surface area contributed by atoms with Gasteiger partial charge in [-0.05, 0) is 36.4 Å². The molecular weight excluding hydrogens is 365 g/mol. The van der Waals surface area contributed by atoms with Gasteiger partial charge in [0.2, 0.25) is 0 Å². The molecule has 1 fully saturated rings. The van der Waals surface area contributed by atoms with Crippen LogP contribution in [0.15, 0.2) is 66.9 Å². The number of anilines is 1. The van der Waals surface area contributed by atoms with Gasteiger partial charge in [0.05, 0.1) is 15.7 Å². The van der Waals surface area contributed by atoms with Crippen LogP contribution in [-0.2, 0) is 6.54 Å². The number of piperazine rings is 1. The lowest BCUT2D eigenvalue weighted by Gasteiger charge is -2.36. The Hall–Kier alpha value is -1.94. The van der Waals surface area contributed by atoms with Gasteiger partial charge in [-0.1, -0.05) is 47.5 Å². The maximum atomic E-state index is 6.41. The summed E-state index contributed by atoms with van der Waals surface area (Å²) in [6.45, 7) is 5.08. The topological polar surface area (TPSA) is 11.4 Å². The van der Waals surface area contributed by atoms with Gasteiger partial charge >= 0.3 is 0 Å². The Bertz CT molecular complexity index is 868. The maximum absolute atomic E-state index is 6.41. The predicted molar refractivity (Wildman–Crippen MR) is 110 cm³/mol. The second-order valence-corrected chi connectivity index (χ2v) is 7.33. The maximum Gasteiger partial charge on any atom is 0.0832 e. The van der Waals surface area contributed by atoms with E-state index in [-0.39, 0.29) is 0 Å². The van der Waals surface area contributed by atoms with Crippen LogP contribution in [-0.4, -0.2) is 35.6 Å². The molecule has 0 unspecified atom stereocenters. The largest absolute Gasteiger partial charge is 0.369 e. The molecule has 26 heavy (non-hydrogen) atoms. The van der Waals surface area contributed by atoms with E-state index in [9.17, 15) is 0 Å². The van der Waals surface area contributed by atoms with Crippen molar-refractivity contribution >= 4 is 28.9 Å². The number of nitrogens with zero attached hydrogens (tertiary/aromatic N) is 3. The molecular formula is C21H21Cl2N3. The highest BCUT2D eigenvalue weighted by atomic mass is 35.5. The smallest absolute Gasteiger partial charge is 0.0832 e. The minimum atomic E-state index is 0.584. The van der Waals surface area contributed by atoms with Crippen LogP contribution in [0, 0.1) is 0 Å². The highest BCUT2D eigenvalue weighted by Gasteiger charge is 2.19. The number of hydrogen-bond acceptors (Lipinski definition) is 2. The van der Waals surface area contributed by atoms with Gasteiger partial charge in [0.25, 0.3) is 0 Å². The highest BCUT2D eigenvalue weighted by molar-refractivity contribution is 6.43. The van der Waals surface area contributed by atoms with Crippen molar-refractivity contribution in [2.75, 3.05) is 31.1 Å². The Kier molecular flexibility index (Phi) is 5.21. The van der Waals surface area contributed by atoms with Crippen LogP contribution in [0.2, 0.25) is 10.0 Å². The molecule has 0 radical (unpaired) electrons. The van der Waals surface area contributed by atoms with Crippen LogP contribution < -0.4 is 4.90 Å². The first-order chi connectivity index (χ1) is 12.7. The molecule has 0 spiro atoms. The van der Waals surface area contributed by atoms with Crippen LogP contribution in [0.25, 0.3) is 5.69 Å². The Morgan fingerprint density at radius 2 is 1.54 bits per heavy atom. The van der Waals surface area contributed by atoms with Gasteiger partial charge in [0, 0.05) is 50.3 Å². The van der Waals surface area contributed by atoms with E-state index >= 15 is 0 Å². The molecule has 3 aromatic rings. The summed E-state index contributed by atoms with van der Waals surface area (Å²) in [6, 6.07) is 20.6. The summed E-state index contributed by atoms with van der Waals surface area (Å²) in [5.74, 6) is 0. The van der Waals surface area contributed by atoms with Crippen molar-refractivity contribution in [3.63, 3.8) is 0 Å². The highest BCUT2D eigenvalue weighted by Crippen LogP contribution is 2.30. The molecule has 1 aliphatic rings. The molecule has 0 N–H and O–H groups in total. The van der Waals surface area contributed by atoms with Crippen molar-refractivity contribution < 1.29 is 0 Å². The molecule has 1 saturated heterocycles. The lowest BCUT2D eigenvalue weighted by atomic mass is 10.2. The first kappa shape index (κ1) is 17.5. The predicted octanol–water partition coefficient (Wildman–Crippen LogP) is 5.11. The molecule has 134 valence electrons. The van der Waals surface area contributed by atoms with Crippen molar-refractivity contribution in [2.45, 2.75) is 6.54 Å². The number of rotatable bonds is 4. The molecule has 0 amide bonds. The fourth-order valence-electron chi connectivity index (χ4n) is 3.49. The zero-order valence-electron chi connectivity index (χ0n) is 14.5. The fraction of sp³-hybridized carbons (Fsp3) is 0.238. The average Bonchev–Trinajstić information content (AvgIpc) is 3.13. The first-order valence-corrected chi connectivity index (χ1v) is 9.61. The van der Waals surface area contributed by atoms with Gasteiger partial charge in [-0.25, -0.2) is 0 Å². The van der Waals surface area contributed by atoms with Crippen LogP contribution in [0.4, 0.5) is 5.69 Å². The Morgan fingerprint density at radius 3 is 2.31 bits per heavy atom. The van der Waals surface area contributed by atoms with Crippen molar-refractivity contribution in [1.82, 2.24) is 9.47 Å². The number of para-hydroxylation sites is 1. The molecule has 2 heterocycles. The monoisotopic (exact) mass is 385 g/mol. The van der Waals surface area contributed by atoms with E-state index in [0.29, 0.717) is 10.0 Å². The summed E-state index contributed by atoms with van der Waals surface area (Å²) in [7, 11) is 0. The second kappa shape index (κ2) is 7.75. The Labute approximate surface area is 164 Å². The summed E-state index contributed by atoms with van der Waals surface area (Å²) in [6.07, 6.45) is 2.05. The van der Waals surface area contributed by atoms with Gasteiger partial charge in [-0.15, -0.1) is 0 Å². The third-order valence-electron chi connectivity index (χ3n) is 4.90. The number of hydrogen-bond donors (Lipinski definition) is 0. The van der Waals surface area contributed by atoms with Gasteiger partial charge in [-0.2, -0.15) is 0 Å². The van der Waals surface area contributed by atoms with E-state index in [4.69, 9.17) is 23.2 Å². The summed E-state index contributed by atoms with van der Waals surface area (Å²) < 4.78 is 2.14. The van der Waals surface area contributed by atoms with Gasteiger partial charge in [-0.3, -0.25) is 4.90 Å². The van der Waals surface area contributed by atoms with E-state index in [2.05, 4.69) is 56.8 Å². The minimum Gasteiger partial charge on any atom is -0.369 e. The van der Waals surface area contributed by atoms with Crippen LogP contribution in [0.5, 0.6) is 0 Å². The molecule has 4 rings (SSSR count). The quantitative estimate of drug-likeness (QED) is 0.618. The third kappa shape index (κ3) is 3.61. The standard InChI is InChI=1S/C21H21Cl2N3/c22-19-9-4-10-20(21(19)23)26-11-5-8-18(26)16-24-12-14-25(15-13-24)17-6-2-1-3-7-17/h1-11H,12-16H2. The molecule has 1 aromatic heterocycles. The van der Waals surface area contributed by atoms with Crippen LogP contribution >= 0.6 is 23.2 Å². The molecule has 0 bridgehead atoms. The Balaban J connectivity index is 1.45. The molecule has 0 aliphatic carbocycles. The zero-order valence-corrected chi connectivity index (χ0v) is 16.0. The number of aromatic nitrogens is 1. The molecule has 0 atom stereocenters. The van der Waals surface area contributed by atoms with Crippen LogP contribution in [0.3, 0.4) is 0 Å². The summed E-state index contributed by atoms with van der Waals surface area (Å²) in [5, 5.41) is 1.18. The zero-order chi connectivity index (χ0) is 17.9. The second-order valence-electron chi connectivity index (χ2n) is 6.54. The lowest BCUT2D eigenvalue weighted by molar-refractivity contribution is 0.246. The normalized spacial score (nSPS) is 15.4. The van der Waals surface area contributed by atoms with Crippen LogP contribution in [0.1, 0.15) is 5.69 Å². The minimum absolute atomic E-state index is 0.584. The van der Waals surface area contributed by atoms with E-state index in [1.54, 1.807) is 0 Å². The first-order valence-electron chi connectivity index (χ1n) is 8.85. The third-order valence-corrected chi connectivity index (χ3v) is 5.71.